The predicted molar refractivity (Wildman–Crippen MR) is 74.7 cm³/mol. The third-order valence-electron chi connectivity index (χ3n) is 2.34. The highest BCUT2D eigenvalue weighted by atomic mass is 16.5. The van der Waals surface area contributed by atoms with Crippen LogP contribution in [0.5, 0.6) is 0 Å². The maximum atomic E-state index is 11.6. The number of allylic oxidation sites excluding steroid dienone is 1. The lowest BCUT2D eigenvalue weighted by molar-refractivity contribution is -0.141. The van der Waals surface area contributed by atoms with Crippen molar-refractivity contribution in [2.24, 2.45) is 5.92 Å². The summed E-state index contributed by atoms with van der Waals surface area (Å²) in [6, 6.07) is 0. The summed E-state index contributed by atoms with van der Waals surface area (Å²) in [4.78, 5) is 22.9. The summed E-state index contributed by atoms with van der Waals surface area (Å²) in [5.74, 6) is -0.706. The lowest BCUT2D eigenvalue weighted by Crippen LogP contribution is -2.22. The second-order valence-corrected chi connectivity index (χ2v) is 4.48. The lowest BCUT2D eigenvalue weighted by atomic mass is 10.0. The topological polar surface area (TPSA) is 52.6 Å². The van der Waals surface area contributed by atoms with Gasteiger partial charge in [-0.15, -0.1) is 6.58 Å². The largest absolute Gasteiger partial charge is 0.462 e. The molecule has 0 aromatic carbocycles. The zero-order valence-corrected chi connectivity index (χ0v) is 11.7. The summed E-state index contributed by atoms with van der Waals surface area (Å²) in [6.07, 6.45) is 1.87. The van der Waals surface area contributed by atoms with Gasteiger partial charge < -0.3 is 9.47 Å². The van der Waals surface area contributed by atoms with E-state index in [1.165, 1.54) is 0 Å². The minimum Gasteiger partial charge on any atom is -0.462 e. The molecule has 0 aliphatic rings. The van der Waals surface area contributed by atoms with Crippen molar-refractivity contribution in [3.8, 4) is 0 Å². The van der Waals surface area contributed by atoms with E-state index in [1.54, 1.807) is 19.9 Å². The van der Waals surface area contributed by atoms with Crippen molar-refractivity contribution in [1.29, 1.82) is 0 Å². The molecule has 0 aromatic heterocycles. The van der Waals surface area contributed by atoms with Gasteiger partial charge in [-0.2, -0.15) is 0 Å². The molecule has 0 spiro atoms. The van der Waals surface area contributed by atoms with Crippen LogP contribution in [0.2, 0.25) is 0 Å². The minimum atomic E-state index is -0.462. The molecule has 0 bridgehead atoms. The van der Waals surface area contributed by atoms with Gasteiger partial charge in [0.2, 0.25) is 0 Å². The van der Waals surface area contributed by atoms with E-state index in [0.717, 1.165) is 0 Å². The molecule has 0 aliphatic carbocycles. The van der Waals surface area contributed by atoms with Crippen LogP contribution in [-0.4, -0.2) is 31.6 Å². The number of carbonyl (C=O) groups excluding carboxylic acids is 2. The standard InChI is InChI=1S/C15H22O4/c1-6-7-18-9-13(8-14(16)11(2)3)10-19-15(17)12(4)5/h6,13H,1-2,4,7-10H2,3,5H3. The Labute approximate surface area is 114 Å². The molecule has 4 nitrogen and oxygen atoms in total. The van der Waals surface area contributed by atoms with E-state index in [0.29, 0.717) is 24.4 Å². The van der Waals surface area contributed by atoms with Crippen molar-refractivity contribution in [1.82, 2.24) is 0 Å². The Bertz CT molecular complexity index is 368. The van der Waals surface area contributed by atoms with Gasteiger partial charge >= 0.3 is 5.97 Å². The maximum Gasteiger partial charge on any atom is 0.333 e. The highest BCUT2D eigenvalue weighted by Gasteiger charge is 2.17. The highest BCUT2D eigenvalue weighted by molar-refractivity contribution is 5.94. The molecule has 0 aliphatic heterocycles. The average Bonchev–Trinajstić information content (AvgIpc) is 2.34. The molecule has 0 saturated heterocycles. The van der Waals surface area contributed by atoms with Crippen LogP contribution in [0.4, 0.5) is 0 Å². The number of carbonyl (C=O) groups is 2. The van der Waals surface area contributed by atoms with Crippen molar-refractivity contribution in [3.63, 3.8) is 0 Å². The smallest absolute Gasteiger partial charge is 0.333 e. The molecule has 0 saturated carbocycles. The van der Waals surface area contributed by atoms with Gasteiger partial charge in [0.1, 0.15) is 0 Å². The van der Waals surface area contributed by atoms with Gasteiger partial charge in [-0.1, -0.05) is 19.2 Å². The molecule has 106 valence electrons. The molecule has 1 unspecified atom stereocenters. The second kappa shape index (κ2) is 9.28. The van der Waals surface area contributed by atoms with Crippen LogP contribution >= 0.6 is 0 Å². The van der Waals surface area contributed by atoms with Crippen molar-refractivity contribution < 1.29 is 19.1 Å². The first kappa shape index (κ1) is 17.3. The molecule has 0 aromatic rings. The third-order valence-corrected chi connectivity index (χ3v) is 2.34. The first-order valence-corrected chi connectivity index (χ1v) is 6.08. The van der Waals surface area contributed by atoms with Crippen LogP contribution in [0, 0.1) is 5.92 Å². The van der Waals surface area contributed by atoms with E-state index >= 15 is 0 Å². The van der Waals surface area contributed by atoms with E-state index in [1.807, 2.05) is 0 Å². The summed E-state index contributed by atoms with van der Waals surface area (Å²) < 4.78 is 10.4. The predicted octanol–water partition coefficient (Wildman–Crippen LogP) is 2.46. The number of esters is 1. The molecule has 0 radical (unpaired) electrons. The average molecular weight is 266 g/mol. The lowest BCUT2D eigenvalue weighted by Gasteiger charge is -2.16. The molecule has 0 fully saturated rings. The first-order valence-electron chi connectivity index (χ1n) is 6.08. The fourth-order valence-corrected chi connectivity index (χ4v) is 1.24. The Balaban J connectivity index is 4.35. The fraction of sp³-hybridized carbons (Fsp3) is 0.467. The third kappa shape index (κ3) is 8.11. The van der Waals surface area contributed by atoms with Gasteiger partial charge in [-0.05, 0) is 19.4 Å². The zero-order valence-electron chi connectivity index (χ0n) is 11.7. The molecular formula is C15H22O4. The molecule has 4 heteroatoms. The monoisotopic (exact) mass is 266 g/mol. The van der Waals surface area contributed by atoms with Gasteiger partial charge in [0, 0.05) is 17.9 Å². The van der Waals surface area contributed by atoms with Crippen molar-refractivity contribution in [2.75, 3.05) is 19.8 Å². The van der Waals surface area contributed by atoms with Crippen molar-refractivity contribution in [2.45, 2.75) is 20.3 Å². The Morgan fingerprint density at radius 2 is 1.79 bits per heavy atom. The Kier molecular flexibility index (Phi) is 8.46. The Morgan fingerprint density at radius 3 is 2.26 bits per heavy atom. The van der Waals surface area contributed by atoms with Crippen molar-refractivity contribution >= 4 is 11.8 Å². The Morgan fingerprint density at radius 1 is 1.16 bits per heavy atom. The minimum absolute atomic E-state index is 0.0569. The first-order chi connectivity index (χ1) is 8.88. The summed E-state index contributed by atoms with van der Waals surface area (Å²) in [6.45, 7) is 14.7. The van der Waals surface area contributed by atoms with Gasteiger partial charge in [0.25, 0.3) is 0 Å². The number of Topliss-reactive ketones (excluding diaryl/α,β-unsaturated/α-hetero) is 1. The number of hydrogen-bond acceptors (Lipinski definition) is 4. The molecule has 0 heterocycles. The van der Waals surface area contributed by atoms with Crippen LogP contribution in [0.3, 0.4) is 0 Å². The quantitative estimate of drug-likeness (QED) is 0.264. The number of ether oxygens (including phenoxy) is 2. The molecule has 0 N–H and O–H groups in total. The fourth-order valence-electron chi connectivity index (χ4n) is 1.24. The second-order valence-electron chi connectivity index (χ2n) is 4.48. The summed E-state index contributed by atoms with van der Waals surface area (Å²) in [5.41, 5.74) is 0.817. The molecule has 0 rings (SSSR count). The summed E-state index contributed by atoms with van der Waals surface area (Å²) >= 11 is 0. The molecular weight excluding hydrogens is 244 g/mol. The zero-order chi connectivity index (χ0) is 14.8. The van der Waals surface area contributed by atoms with Gasteiger partial charge in [0.15, 0.2) is 5.78 Å². The van der Waals surface area contributed by atoms with Crippen LogP contribution in [0.15, 0.2) is 37.0 Å². The van der Waals surface area contributed by atoms with E-state index < -0.39 is 5.97 Å². The van der Waals surface area contributed by atoms with Crippen LogP contribution in [0.1, 0.15) is 20.3 Å². The van der Waals surface area contributed by atoms with Gasteiger partial charge in [0.05, 0.1) is 19.8 Å². The molecule has 19 heavy (non-hydrogen) atoms. The van der Waals surface area contributed by atoms with E-state index in [2.05, 4.69) is 19.7 Å². The van der Waals surface area contributed by atoms with E-state index in [9.17, 15) is 9.59 Å². The SMILES string of the molecule is C=CCOCC(COC(=O)C(=C)C)CC(=O)C(=C)C. The van der Waals surface area contributed by atoms with Crippen LogP contribution in [-0.2, 0) is 19.1 Å². The highest BCUT2D eigenvalue weighted by Crippen LogP contribution is 2.10. The van der Waals surface area contributed by atoms with Gasteiger partial charge in [-0.3, -0.25) is 4.79 Å². The van der Waals surface area contributed by atoms with Gasteiger partial charge in [-0.25, -0.2) is 4.79 Å². The number of hydrogen-bond donors (Lipinski definition) is 0. The number of rotatable bonds is 10. The van der Waals surface area contributed by atoms with Crippen LogP contribution < -0.4 is 0 Å². The normalized spacial score (nSPS) is 11.5. The molecule has 0 amide bonds. The van der Waals surface area contributed by atoms with Crippen LogP contribution in [0.25, 0.3) is 0 Å². The van der Waals surface area contributed by atoms with E-state index in [4.69, 9.17) is 9.47 Å². The summed E-state index contributed by atoms with van der Waals surface area (Å²) in [7, 11) is 0. The Hall–Kier alpha value is -1.68. The van der Waals surface area contributed by atoms with Crippen molar-refractivity contribution in [3.05, 3.63) is 37.0 Å². The number of ketones is 1. The molecule has 1 atom stereocenters. The van der Waals surface area contributed by atoms with E-state index in [-0.39, 0.29) is 24.7 Å². The summed E-state index contributed by atoms with van der Waals surface area (Å²) in [5, 5.41) is 0. The maximum absolute atomic E-state index is 11.6.